The minimum absolute atomic E-state index is 0.272. The Labute approximate surface area is 114 Å². The van der Waals surface area contributed by atoms with E-state index in [1.165, 1.54) is 11.1 Å². The van der Waals surface area contributed by atoms with E-state index in [2.05, 4.69) is 17.4 Å². The third-order valence-electron chi connectivity index (χ3n) is 3.50. The third kappa shape index (κ3) is 3.69. The summed E-state index contributed by atoms with van der Waals surface area (Å²) in [6.45, 7) is 3.12. The third-order valence-corrected chi connectivity index (χ3v) is 3.50. The minimum atomic E-state index is -0.571. The molecule has 2 atom stereocenters. The average Bonchev–Trinajstić information content (AvgIpc) is 2.85. The summed E-state index contributed by atoms with van der Waals surface area (Å²) in [5.74, 6) is 0.825. The van der Waals surface area contributed by atoms with Gasteiger partial charge >= 0.3 is 0 Å². The molecule has 0 saturated heterocycles. The van der Waals surface area contributed by atoms with Crippen molar-refractivity contribution in [2.24, 2.45) is 0 Å². The molecule has 0 saturated carbocycles. The van der Waals surface area contributed by atoms with Crippen molar-refractivity contribution >= 4 is 0 Å². The highest BCUT2D eigenvalue weighted by molar-refractivity contribution is 5.40. The lowest BCUT2D eigenvalue weighted by Crippen LogP contribution is -2.23. The van der Waals surface area contributed by atoms with Crippen LogP contribution in [-0.2, 0) is 11.2 Å². The van der Waals surface area contributed by atoms with Gasteiger partial charge in [0.1, 0.15) is 18.5 Å². The normalized spacial score (nSPS) is 19.2. The molecule has 4 nitrogen and oxygen atoms in total. The monoisotopic (exact) mass is 265 g/mol. The molecule has 0 amide bonds. The van der Waals surface area contributed by atoms with Crippen LogP contribution in [0.1, 0.15) is 30.5 Å². The second-order valence-corrected chi connectivity index (χ2v) is 4.86. The fourth-order valence-corrected chi connectivity index (χ4v) is 2.48. The van der Waals surface area contributed by atoms with Crippen LogP contribution in [0.4, 0.5) is 0 Å². The van der Waals surface area contributed by atoms with Crippen LogP contribution in [-0.4, -0.2) is 38.1 Å². The maximum absolute atomic E-state index is 9.66. The van der Waals surface area contributed by atoms with Crippen molar-refractivity contribution in [1.29, 1.82) is 0 Å². The van der Waals surface area contributed by atoms with E-state index in [1.54, 1.807) is 0 Å². The topological polar surface area (TPSA) is 50.7 Å². The lowest BCUT2D eigenvalue weighted by atomic mass is 10.1. The Bertz CT molecular complexity index is 408. The van der Waals surface area contributed by atoms with Crippen molar-refractivity contribution in [1.82, 2.24) is 5.32 Å². The Morgan fingerprint density at radius 2 is 2.26 bits per heavy atom. The lowest BCUT2D eigenvalue weighted by Gasteiger charge is -2.14. The Morgan fingerprint density at radius 1 is 1.42 bits per heavy atom. The highest BCUT2D eigenvalue weighted by Gasteiger charge is 2.21. The summed E-state index contributed by atoms with van der Waals surface area (Å²) < 4.78 is 10.8. The van der Waals surface area contributed by atoms with Gasteiger partial charge in [-0.05, 0) is 50.1 Å². The Balaban J connectivity index is 1.89. The van der Waals surface area contributed by atoms with Crippen LogP contribution >= 0.6 is 0 Å². The van der Waals surface area contributed by atoms with Gasteiger partial charge in [0.2, 0.25) is 0 Å². The molecule has 2 rings (SSSR count). The smallest absolute Gasteiger partial charge is 0.119 e. The van der Waals surface area contributed by atoms with Gasteiger partial charge < -0.3 is 19.9 Å². The zero-order valence-electron chi connectivity index (χ0n) is 11.7. The molecule has 0 radical (unpaired) electrons. The molecule has 0 bridgehead atoms. The minimum Gasteiger partial charge on any atom is -0.491 e. The van der Waals surface area contributed by atoms with E-state index in [0.29, 0.717) is 19.3 Å². The van der Waals surface area contributed by atoms with Gasteiger partial charge in [-0.1, -0.05) is 6.07 Å². The quantitative estimate of drug-likeness (QED) is 0.787. The first kappa shape index (κ1) is 14.3. The molecule has 106 valence electrons. The molecule has 1 aliphatic rings. The molecular weight excluding hydrogens is 242 g/mol. The van der Waals surface area contributed by atoms with E-state index in [0.717, 1.165) is 18.6 Å². The van der Waals surface area contributed by atoms with Crippen molar-refractivity contribution in [2.45, 2.75) is 31.9 Å². The van der Waals surface area contributed by atoms with Crippen LogP contribution in [0.2, 0.25) is 0 Å². The number of rotatable bonds is 7. The molecule has 0 heterocycles. The van der Waals surface area contributed by atoms with Gasteiger partial charge in [0.15, 0.2) is 0 Å². The van der Waals surface area contributed by atoms with Gasteiger partial charge in [0.05, 0.1) is 6.61 Å². The summed E-state index contributed by atoms with van der Waals surface area (Å²) in [6, 6.07) is 6.64. The Kier molecular flexibility index (Phi) is 5.19. The number of nitrogens with one attached hydrogen (secondary N) is 1. The van der Waals surface area contributed by atoms with E-state index in [-0.39, 0.29) is 6.61 Å². The van der Waals surface area contributed by atoms with Crippen molar-refractivity contribution in [3.63, 3.8) is 0 Å². The lowest BCUT2D eigenvalue weighted by molar-refractivity contribution is 0.0164. The first-order chi connectivity index (χ1) is 9.24. The first-order valence-corrected chi connectivity index (χ1v) is 6.93. The van der Waals surface area contributed by atoms with Crippen LogP contribution in [0.5, 0.6) is 5.75 Å². The zero-order valence-corrected chi connectivity index (χ0v) is 11.7. The Hall–Kier alpha value is -1.10. The van der Waals surface area contributed by atoms with Gasteiger partial charge in [-0.3, -0.25) is 0 Å². The molecule has 0 aromatic heterocycles. The van der Waals surface area contributed by atoms with Crippen molar-refractivity contribution < 1.29 is 14.6 Å². The highest BCUT2D eigenvalue weighted by atomic mass is 16.5. The number of aliphatic hydroxyl groups excluding tert-OH is 1. The molecule has 1 aliphatic carbocycles. The fraction of sp³-hybridized carbons (Fsp3) is 0.600. The SMILES string of the molecule is CCOCC(O)COc1ccc2c(c1)CCC2NC. The van der Waals surface area contributed by atoms with Gasteiger partial charge in [-0.15, -0.1) is 0 Å². The number of benzene rings is 1. The zero-order chi connectivity index (χ0) is 13.7. The number of aliphatic hydroxyl groups is 1. The van der Waals surface area contributed by atoms with Gasteiger partial charge in [-0.2, -0.15) is 0 Å². The largest absolute Gasteiger partial charge is 0.491 e. The molecule has 0 aliphatic heterocycles. The first-order valence-electron chi connectivity index (χ1n) is 6.93. The van der Waals surface area contributed by atoms with Gasteiger partial charge in [0.25, 0.3) is 0 Å². The summed E-state index contributed by atoms with van der Waals surface area (Å²) in [7, 11) is 1.99. The maximum atomic E-state index is 9.66. The van der Waals surface area contributed by atoms with Gasteiger partial charge in [0, 0.05) is 12.6 Å². The second kappa shape index (κ2) is 6.89. The average molecular weight is 265 g/mol. The fourth-order valence-electron chi connectivity index (χ4n) is 2.48. The number of hydrogen-bond acceptors (Lipinski definition) is 4. The van der Waals surface area contributed by atoms with E-state index in [4.69, 9.17) is 9.47 Å². The molecular formula is C15H23NO3. The van der Waals surface area contributed by atoms with Crippen LogP contribution in [0, 0.1) is 0 Å². The van der Waals surface area contributed by atoms with Crippen molar-refractivity contribution in [3.8, 4) is 5.75 Å². The van der Waals surface area contributed by atoms with Crippen molar-refractivity contribution in [3.05, 3.63) is 29.3 Å². The van der Waals surface area contributed by atoms with Crippen LogP contribution < -0.4 is 10.1 Å². The predicted molar refractivity (Wildman–Crippen MR) is 74.6 cm³/mol. The molecule has 0 fully saturated rings. The maximum Gasteiger partial charge on any atom is 0.119 e. The molecule has 2 unspecified atom stereocenters. The van der Waals surface area contributed by atoms with Gasteiger partial charge in [-0.25, -0.2) is 0 Å². The van der Waals surface area contributed by atoms with Crippen LogP contribution in [0.15, 0.2) is 18.2 Å². The summed E-state index contributed by atoms with van der Waals surface area (Å²) in [6.07, 6.45) is 1.65. The Morgan fingerprint density at radius 3 is 3.00 bits per heavy atom. The van der Waals surface area contributed by atoms with E-state index in [1.807, 2.05) is 20.0 Å². The second-order valence-electron chi connectivity index (χ2n) is 4.86. The summed E-state index contributed by atoms with van der Waals surface area (Å²) in [5, 5.41) is 13.0. The molecule has 1 aromatic carbocycles. The van der Waals surface area contributed by atoms with Crippen LogP contribution in [0.25, 0.3) is 0 Å². The molecule has 0 spiro atoms. The molecule has 4 heteroatoms. The summed E-state index contributed by atoms with van der Waals surface area (Å²) in [5.41, 5.74) is 2.71. The van der Waals surface area contributed by atoms with E-state index in [9.17, 15) is 5.11 Å². The molecule has 1 aromatic rings. The summed E-state index contributed by atoms with van der Waals surface area (Å²) in [4.78, 5) is 0. The highest BCUT2D eigenvalue weighted by Crippen LogP contribution is 2.33. The summed E-state index contributed by atoms with van der Waals surface area (Å²) >= 11 is 0. The standard InChI is InChI=1S/C15H23NO3/c1-3-18-9-12(17)10-19-13-5-6-14-11(8-13)4-7-15(14)16-2/h5-6,8,12,15-17H,3-4,7,9-10H2,1-2H3. The number of fused-ring (bicyclic) bond motifs is 1. The predicted octanol–water partition coefficient (Wildman–Crippen LogP) is 1.67. The number of ether oxygens (including phenoxy) is 2. The van der Waals surface area contributed by atoms with E-state index >= 15 is 0 Å². The number of aryl methyl sites for hydroxylation is 1. The number of hydrogen-bond donors (Lipinski definition) is 2. The van der Waals surface area contributed by atoms with Crippen LogP contribution in [0.3, 0.4) is 0 Å². The van der Waals surface area contributed by atoms with Crippen molar-refractivity contribution in [2.75, 3.05) is 26.9 Å². The van der Waals surface area contributed by atoms with E-state index < -0.39 is 6.10 Å². The molecule has 19 heavy (non-hydrogen) atoms. The molecule has 2 N–H and O–H groups in total.